The fourth-order valence-electron chi connectivity index (χ4n) is 4.04. The van der Waals surface area contributed by atoms with Gasteiger partial charge in [0.2, 0.25) is 0 Å². The molecule has 0 aromatic rings. The highest BCUT2D eigenvalue weighted by Gasteiger charge is 2.08. The molecule has 0 rings (SSSR count). The first-order valence-corrected chi connectivity index (χ1v) is 12.7. The molecule has 26 heavy (non-hydrogen) atoms. The van der Waals surface area contributed by atoms with Gasteiger partial charge < -0.3 is 0 Å². The molecule has 1 unspecified atom stereocenters. The first-order valence-electron chi connectivity index (χ1n) is 12.7. The Morgan fingerprint density at radius 3 is 1.42 bits per heavy atom. The van der Waals surface area contributed by atoms with Crippen molar-refractivity contribution in [2.45, 2.75) is 156 Å². The van der Waals surface area contributed by atoms with Crippen LogP contribution in [0.25, 0.3) is 0 Å². The van der Waals surface area contributed by atoms with E-state index >= 15 is 0 Å². The normalized spacial score (nSPS) is 12.6. The third-order valence-corrected chi connectivity index (χ3v) is 5.94. The minimum absolute atomic E-state index is 0.986. The van der Waals surface area contributed by atoms with Crippen molar-refractivity contribution in [3.63, 3.8) is 0 Å². The average Bonchev–Trinajstić information content (AvgIpc) is 2.66. The van der Waals surface area contributed by atoms with Gasteiger partial charge in [0.15, 0.2) is 0 Å². The second-order valence-corrected chi connectivity index (χ2v) is 8.71. The first-order chi connectivity index (χ1) is 12.8. The van der Waals surface area contributed by atoms with Crippen molar-refractivity contribution in [3.8, 4) is 0 Å². The monoisotopic (exact) mass is 365 g/mol. The van der Waals surface area contributed by atoms with Gasteiger partial charge >= 0.3 is 0 Å². The fraction of sp³-hybridized carbons (Fsp3) is 0.962. The molecule has 0 N–H and O–H groups in total. The summed E-state index contributed by atoms with van der Waals surface area (Å²) < 4.78 is 0. The van der Waals surface area contributed by atoms with Gasteiger partial charge in [0, 0.05) is 0 Å². The summed E-state index contributed by atoms with van der Waals surface area (Å²) in [6, 6.07) is 0. The van der Waals surface area contributed by atoms with Crippen LogP contribution in [-0.4, -0.2) is 0 Å². The molecule has 0 aliphatic rings. The molecule has 0 saturated heterocycles. The van der Waals surface area contributed by atoms with Crippen molar-refractivity contribution in [2.24, 2.45) is 5.92 Å². The zero-order valence-corrected chi connectivity index (χ0v) is 19.0. The lowest BCUT2D eigenvalue weighted by Gasteiger charge is -2.16. The Labute approximate surface area is 168 Å². The van der Waals surface area contributed by atoms with E-state index < -0.39 is 0 Å². The van der Waals surface area contributed by atoms with Crippen molar-refractivity contribution in [2.75, 3.05) is 0 Å². The highest BCUT2D eigenvalue weighted by Crippen LogP contribution is 2.23. The van der Waals surface area contributed by atoms with Crippen LogP contribution in [0.3, 0.4) is 0 Å². The Morgan fingerprint density at radius 1 is 0.462 bits per heavy atom. The fourth-order valence-corrected chi connectivity index (χ4v) is 4.04. The van der Waals surface area contributed by atoms with Crippen LogP contribution in [0.4, 0.5) is 0 Å². The Balaban J connectivity index is 3.49. The number of unbranched alkanes of at least 4 members (excludes halogenated alkanes) is 16. The van der Waals surface area contributed by atoms with Crippen LogP contribution < -0.4 is 0 Å². The molecule has 0 heterocycles. The summed E-state index contributed by atoms with van der Waals surface area (Å²) in [7, 11) is 0. The van der Waals surface area contributed by atoms with Gasteiger partial charge in [-0.25, -0.2) is 0 Å². The third-order valence-electron chi connectivity index (χ3n) is 5.94. The summed E-state index contributed by atoms with van der Waals surface area (Å²) in [5, 5.41) is 0. The maximum absolute atomic E-state index is 2.64. The lowest BCUT2D eigenvalue weighted by atomic mass is 9.90. The second-order valence-electron chi connectivity index (χ2n) is 8.71. The van der Waals surface area contributed by atoms with E-state index in [9.17, 15) is 0 Å². The van der Waals surface area contributed by atoms with E-state index in [0.29, 0.717) is 0 Å². The molecule has 0 aromatic carbocycles. The van der Waals surface area contributed by atoms with Gasteiger partial charge in [-0.15, -0.1) is 0 Å². The summed E-state index contributed by atoms with van der Waals surface area (Å²) in [4.78, 5) is 0. The summed E-state index contributed by atoms with van der Waals surface area (Å²) in [5.74, 6) is 0.986. The largest absolute Gasteiger partial charge is 0.0654 e. The second kappa shape index (κ2) is 23.0. The number of hydrogen-bond donors (Lipinski definition) is 0. The molecule has 1 radical (unpaired) electrons. The number of rotatable bonds is 22. The van der Waals surface area contributed by atoms with Gasteiger partial charge in [-0.3, -0.25) is 0 Å². The molecule has 0 bridgehead atoms. The van der Waals surface area contributed by atoms with Crippen molar-refractivity contribution < 1.29 is 0 Å². The molecular formula is C26H53. The van der Waals surface area contributed by atoms with E-state index in [2.05, 4.69) is 27.2 Å². The van der Waals surface area contributed by atoms with Gasteiger partial charge in [-0.2, -0.15) is 0 Å². The van der Waals surface area contributed by atoms with Gasteiger partial charge in [0.1, 0.15) is 0 Å². The molecular weight excluding hydrogens is 312 g/mol. The van der Waals surface area contributed by atoms with E-state index in [0.717, 1.165) is 5.92 Å². The lowest BCUT2D eigenvalue weighted by Crippen LogP contribution is -2.01. The van der Waals surface area contributed by atoms with Crippen LogP contribution >= 0.6 is 0 Å². The minimum Gasteiger partial charge on any atom is -0.0654 e. The topological polar surface area (TPSA) is 0 Å². The molecule has 157 valence electrons. The van der Waals surface area contributed by atoms with Crippen LogP contribution in [0.15, 0.2) is 0 Å². The van der Waals surface area contributed by atoms with Crippen molar-refractivity contribution in [3.05, 3.63) is 6.42 Å². The van der Waals surface area contributed by atoms with Gasteiger partial charge in [0.05, 0.1) is 0 Å². The van der Waals surface area contributed by atoms with Crippen LogP contribution in [0.2, 0.25) is 0 Å². The summed E-state index contributed by atoms with van der Waals surface area (Å²) >= 11 is 0. The Bertz CT molecular complexity index is 232. The Kier molecular flexibility index (Phi) is 23.0. The van der Waals surface area contributed by atoms with Crippen LogP contribution in [0, 0.1) is 12.3 Å². The third kappa shape index (κ3) is 20.3. The van der Waals surface area contributed by atoms with E-state index in [4.69, 9.17) is 0 Å². The van der Waals surface area contributed by atoms with E-state index in [1.807, 2.05) is 0 Å². The van der Waals surface area contributed by atoms with Crippen molar-refractivity contribution in [1.82, 2.24) is 0 Å². The zero-order valence-electron chi connectivity index (χ0n) is 19.0. The average molecular weight is 366 g/mol. The van der Waals surface area contributed by atoms with Crippen LogP contribution in [-0.2, 0) is 0 Å². The molecule has 0 aliphatic carbocycles. The molecule has 0 aromatic heterocycles. The molecule has 0 nitrogen and oxygen atoms in total. The van der Waals surface area contributed by atoms with Gasteiger partial charge in [-0.1, -0.05) is 149 Å². The molecule has 0 aliphatic heterocycles. The molecule has 1 atom stereocenters. The molecule has 0 amide bonds. The highest BCUT2D eigenvalue weighted by atomic mass is 14.1. The molecule has 0 saturated carbocycles. The van der Waals surface area contributed by atoms with Crippen molar-refractivity contribution in [1.29, 1.82) is 0 Å². The SMILES string of the molecule is CCCCCCCCCCC[CH]CC(CCCC)CCCCCCCC. The highest BCUT2D eigenvalue weighted by molar-refractivity contribution is 4.72. The van der Waals surface area contributed by atoms with Crippen LogP contribution in [0.5, 0.6) is 0 Å². The standard InChI is InChI=1S/C26H53/c1-4-7-10-12-14-15-16-17-18-20-22-25-26(23-9-6-3)24-21-19-13-11-8-5-2/h22,26H,4-21,23-25H2,1-3H3. The smallest absolute Gasteiger partial charge is 0.0383 e. The Morgan fingerprint density at radius 2 is 0.885 bits per heavy atom. The molecule has 0 fully saturated rings. The van der Waals surface area contributed by atoms with E-state index in [-0.39, 0.29) is 0 Å². The quantitative estimate of drug-likeness (QED) is 0.167. The minimum atomic E-state index is 0.986. The maximum atomic E-state index is 2.64. The molecule has 0 heteroatoms. The van der Waals surface area contributed by atoms with Crippen molar-refractivity contribution >= 4 is 0 Å². The summed E-state index contributed by atoms with van der Waals surface area (Å²) in [6.07, 6.45) is 32.9. The zero-order chi connectivity index (χ0) is 19.1. The van der Waals surface area contributed by atoms with E-state index in [1.165, 1.54) is 135 Å². The summed E-state index contributed by atoms with van der Waals surface area (Å²) in [6.45, 7) is 6.95. The van der Waals surface area contributed by atoms with Crippen LogP contribution in [0.1, 0.15) is 156 Å². The van der Waals surface area contributed by atoms with Gasteiger partial charge in [0.25, 0.3) is 0 Å². The van der Waals surface area contributed by atoms with E-state index in [1.54, 1.807) is 0 Å². The Hall–Kier alpha value is 0. The van der Waals surface area contributed by atoms with Gasteiger partial charge in [-0.05, 0) is 18.8 Å². The predicted molar refractivity (Wildman–Crippen MR) is 122 cm³/mol. The maximum Gasteiger partial charge on any atom is -0.0383 e. The summed E-state index contributed by atoms with van der Waals surface area (Å²) in [5.41, 5.74) is 0. The first kappa shape index (κ1) is 26.0. The number of hydrogen-bond acceptors (Lipinski definition) is 0. The molecule has 0 spiro atoms. The predicted octanol–water partition coefficient (Wildman–Crippen LogP) is 10.1. The lowest BCUT2D eigenvalue weighted by molar-refractivity contribution is 0.400.